The summed E-state index contributed by atoms with van der Waals surface area (Å²) < 4.78 is 7.02. The van der Waals surface area contributed by atoms with Crippen LogP contribution in [-0.4, -0.2) is 6.61 Å². The highest BCUT2D eigenvalue weighted by Gasteiger charge is 2.32. The fourth-order valence-electron chi connectivity index (χ4n) is 2.55. The molecule has 0 saturated carbocycles. The lowest BCUT2D eigenvalue weighted by Crippen LogP contribution is -2.18. The van der Waals surface area contributed by atoms with Crippen molar-refractivity contribution in [1.29, 1.82) is 0 Å². The van der Waals surface area contributed by atoms with Crippen molar-refractivity contribution in [3.63, 3.8) is 0 Å². The third-order valence-electron chi connectivity index (χ3n) is 3.76. The lowest BCUT2D eigenvalue weighted by atomic mass is 9.85. The van der Waals surface area contributed by atoms with Gasteiger partial charge in [0.15, 0.2) is 0 Å². The van der Waals surface area contributed by atoms with Gasteiger partial charge in [-0.2, -0.15) is 0 Å². The molecule has 3 heteroatoms. The summed E-state index contributed by atoms with van der Waals surface area (Å²) in [5, 5.41) is 0. The lowest BCUT2D eigenvalue weighted by Gasteiger charge is -2.18. The second-order valence-corrected chi connectivity index (χ2v) is 8.01. The summed E-state index contributed by atoms with van der Waals surface area (Å²) in [5.74, 6) is 1.03. The quantitative estimate of drug-likeness (QED) is 0.444. The van der Waals surface area contributed by atoms with Crippen molar-refractivity contribution in [2.75, 3.05) is 6.61 Å². The van der Waals surface area contributed by atoms with Crippen LogP contribution in [0.1, 0.15) is 35.4 Å². The SMILES string of the molecule is CC1(C)COc2ccc(C(Br)c3cccc(I)c3)cc21. The monoisotopic (exact) mass is 442 g/mol. The molecule has 1 aliphatic rings. The molecule has 0 spiro atoms. The second-order valence-electron chi connectivity index (χ2n) is 5.85. The molecule has 2 aromatic rings. The third-order valence-corrected chi connectivity index (χ3v) is 5.48. The van der Waals surface area contributed by atoms with Gasteiger partial charge in [-0.15, -0.1) is 0 Å². The van der Waals surface area contributed by atoms with Crippen molar-refractivity contribution in [2.24, 2.45) is 0 Å². The van der Waals surface area contributed by atoms with Gasteiger partial charge in [0.1, 0.15) is 5.75 Å². The zero-order valence-corrected chi connectivity index (χ0v) is 15.2. The molecule has 0 aliphatic carbocycles. The molecule has 104 valence electrons. The molecule has 0 radical (unpaired) electrons. The Morgan fingerprint density at radius 3 is 2.65 bits per heavy atom. The highest BCUT2D eigenvalue weighted by atomic mass is 127. The number of alkyl halides is 1. The Morgan fingerprint density at radius 2 is 1.90 bits per heavy atom. The summed E-state index contributed by atoms with van der Waals surface area (Å²) in [5.41, 5.74) is 3.98. The van der Waals surface area contributed by atoms with Crippen LogP contribution in [-0.2, 0) is 5.41 Å². The van der Waals surface area contributed by atoms with Crippen LogP contribution < -0.4 is 4.74 Å². The van der Waals surface area contributed by atoms with Crippen molar-refractivity contribution in [3.8, 4) is 5.75 Å². The molecule has 0 N–H and O–H groups in total. The van der Waals surface area contributed by atoms with Gasteiger partial charge in [-0.05, 0) is 58.0 Å². The van der Waals surface area contributed by atoms with Crippen molar-refractivity contribution in [1.82, 2.24) is 0 Å². The van der Waals surface area contributed by atoms with E-state index in [1.54, 1.807) is 0 Å². The number of ether oxygens (including phenoxy) is 1. The predicted molar refractivity (Wildman–Crippen MR) is 94.9 cm³/mol. The normalized spacial score (nSPS) is 17.4. The van der Waals surface area contributed by atoms with Crippen LogP contribution >= 0.6 is 38.5 Å². The summed E-state index contributed by atoms with van der Waals surface area (Å²) in [7, 11) is 0. The van der Waals surface area contributed by atoms with E-state index in [2.05, 4.69) is 94.8 Å². The maximum atomic E-state index is 5.76. The highest BCUT2D eigenvalue weighted by molar-refractivity contribution is 14.1. The number of halogens is 2. The van der Waals surface area contributed by atoms with Gasteiger partial charge in [0.2, 0.25) is 0 Å². The third kappa shape index (κ3) is 2.62. The summed E-state index contributed by atoms with van der Waals surface area (Å²) >= 11 is 6.18. The van der Waals surface area contributed by atoms with Crippen LogP contribution in [0.3, 0.4) is 0 Å². The van der Waals surface area contributed by atoms with Gasteiger partial charge in [-0.1, -0.05) is 48.0 Å². The molecule has 0 fully saturated rings. The van der Waals surface area contributed by atoms with Crippen molar-refractivity contribution >= 4 is 38.5 Å². The molecule has 0 saturated heterocycles. The van der Waals surface area contributed by atoms with Gasteiger partial charge in [0, 0.05) is 14.5 Å². The van der Waals surface area contributed by atoms with Gasteiger partial charge < -0.3 is 4.74 Å². The molecule has 1 unspecified atom stereocenters. The lowest BCUT2D eigenvalue weighted by molar-refractivity contribution is 0.291. The Kier molecular flexibility index (Phi) is 3.84. The topological polar surface area (TPSA) is 9.23 Å². The minimum absolute atomic E-state index is 0.100. The van der Waals surface area contributed by atoms with Crippen molar-refractivity contribution < 1.29 is 4.74 Å². The van der Waals surface area contributed by atoms with E-state index in [0.717, 1.165) is 12.4 Å². The molecule has 20 heavy (non-hydrogen) atoms. The van der Waals surface area contributed by atoms with Gasteiger partial charge in [-0.3, -0.25) is 0 Å². The Labute approximate surface area is 142 Å². The molecule has 0 bridgehead atoms. The first kappa shape index (κ1) is 14.4. The van der Waals surface area contributed by atoms with Gasteiger partial charge >= 0.3 is 0 Å². The van der Waals surface area contributed by atoms with Crippen LogP contribution in [0.15, 0.2) is 42.5 Å². The van der Waals surface area contributed by atoms with E-state index in [1.807, 2.05) is 0 Å². The summed E-state index contributed by atoms with van der Waals surface area (Å²) in [6, 6.07) is 15.1. The Bertz CT molecular complexity index is 651. The maximum absolute atomic E-state index is 5.76. The molecule has 2 aromatic carbocycles. The summed E-state index contributed by atoms with van der Waals surface area (Å²) in [6.45, 7) is 5.23. The Balaban J connectivity index is 1.99. The predicted octanol–water partition coefficient (Wildman–Crippen LogP) is 5.45. The fourth-order valence-corrected chi connectivity index (χ4v) is 3.69. The molecule has 1 heterocycles. The molecular weight excluding hydrogens is 427 g/mol. The maximum Gasteiger partial charge on any atom is 0.123 e. The first-order valence-electron chi connectivity index (χ1n) is 6.64. The largest absolute Gasteiger partial charge is 0.492 e. The minimum Gasteiger partial charge on any atom is -0.492 e. The van der Waals surface area contributed by atoms with Crippen LogP contribution in [0, 0.1) is 3.57 Å². The standard InChI is InChI=1S/C17H16BrIO/c1-17(2)10-20-15-7-6-12(9-14(15)17)16(18)11-4-3-5-13(19)8-11/h3-9,16H,10H2,1-2H3. The van der Waals surface area contributed by atoms with Gasteiger partial charge in [0.25, 0.3) is 0 Å². The number of fused-ring (bicyclic) bond motifs is 1. The van der Waals surface area contributed by atoms with Crippen LogP contribution in [0.25, 0.3) is 0 Å². The fraction of sp³-hybridized carbons (Fsp3) is 0.294. The zero-order chi connectivity index (χ0) is 14.3. The summed E-state index contributed by atoms with van der Waals surface area (Å²) in [6.07, 6.45) is 0. The van der Waals surface area contributed by atoms with Gasteiger partial charge in [0.05, 0.1) is 11.4 Å². The van der Waals surface area contributed by atoms with Crippen LogP contribution in [0.5, 0.6) is 5.75 Å². The second kappa shape index (κ2) is 5.34. The van der Waals surface area contributed by atoms with Gasteiger partial charge in [-0.25, -0.2) is 0 Å². The van der Waals surface area contributed by atoms with Crippen molar-refractivity contribution in [3.05, 3.63) is 62.7 Å². The van der Waals surface area contributed by atoms with E-state index >= 15 is 0 Å². The zero-order valence-electron chi connectivity index (χ0n) is 11.5. The first-order chi connectivity index (χ1) is 9.47. The van der Waals surface area contributed by atoms with E-state index in [0.29, 0.717) is 0 Å². The van der Waals surface area contributed by atoms with Crippen LogP contribution in [0.2, 0.25) is 0 Å². The Morgan fingerprint density at radius 1 is 1.15 bits per heavy atom. The summed E-state index contributed by atoms with van der Waals surface area (Å²) in [4.78, 5) is 0.221. The van der Waals surface area contributed by atoms with E-state index < -0.39 is 0 Å². The average Bonchev–Trinajstić information content (AvgIpc) is 2.73. The number of hydrogen-bond donors (Lipinski definition) is 0. The van der Waals surface area contributed by atoms with Crippen LogP contribution in [0.4, 0.5) is 0 Å². The van der Waals surface area contributed by atoms with Crippen molar-refractivity contribution in [2.45, 2.75) is 24.1 Å². The molecule has 0 aromatic heterocycles. The first-order valence-corrected chi connectivity index (χ1v) is 8.63. The minimum atomic E-state index is 0.100. The highest BCUT2D eigenvalue weighted by Crippen LogP contribution is 2.41. The molecule has 3 rings (SSSR count). The molecular formula is C17H16BrIO. The number of benzene rings is 2. The number of hydrogen-bond acceptors (Lipinski definition) is 1. The van der Waals surface area contributed by atoms with E-state index in [1.165, 1.54) is 20.3 Å². The molecule has 0 amide bonds. The van der Waals surface area contributed by atoms with E-state index in [-0.39, 0.29) is 10.2 Å². The average molecular weight is 443 g/mol. The Hall–Kier alpha value is -0.550. The number of rotatable bonds is 2. The smallest absolute Gasteiger partial charge is 0.123 e. The molecule has 1 atom stereocenters. The molecule has 1 nitrogen and oxygen atoms in total. The molecule has 1 aliphatic heterocycles. The van der Waals surface area contributed by atoms with E-state index in [9.17, 15) is 0 Å². The van der Waals surface area contributed by atoms with E-state index in [4.69, 9.17) is 4.74 Å².